The Morgan fingerprint density at radius 3 is 2.65 bits per heavy atom. The second-order valence-corrected chi connectivity index (χ2v) is 5.77. The first kappa shape index (κ1) is 15.1. The number of aliphatic carboxylic acids is 1. The van der Waals surface area contributed by atoms with Crippen LogP contribution in [0.15, 0.2) is 0 Å². The summed E-state index contributed by atoms with van der Waals surface area (Å²) in [5.41, 5.74) is -1.27. The van der Waals surface area contributed by atoms with E-state index in [1.165, 1.54) is 0 Å². The molecule has 2 aliphatic heterocycles. The number of nitrogens with one attached hydrogen (secondary N) is 2. The molecule has 0 bridgehead atoms. The molecule has 7 nitrogen and oxygen atoms in total. The third kappa shape index (κ3) is 3.61. The average Bonchev–Trinajstić information content (AvgIpc) is 2.88. The molecule has 0 aliphatic carbocycles. The maximum atomic E-state index is 11.9. The van der Waals surface area contributed by atoms with Crippen LogP contribution < -0.4 is 10.6 Å². The van der Waals surface area contributed by atoms with E-state index in [2.05, 4.69) is 22.6 Å². The molecule has 114 valence electrons. The van der Waals surface area contributed by atoms with E-state index in [-0.39, 0.29) is 6.61 Å². The minimum Gasteiger partial charge on any atom is -0.479 e. The fourth-order valence-corrected chi connectivity index (χ4v) is 2.65. The summed E-state index contributed by atoms with van der Waals surface area (Å²) in [6.45, 7) is 3.07. The molecule has 0 aromatic heterocycles. The molecule has 2 saturated heterocycles. The lowest BCUT2D eigenvalue weighted by atomic mass is 9.97. The van der Waals surface area contributed by atoms with Gasteiger partial charge in [-0.3, -0.25) is 0 Å². The highest BCUT2D eigenvalue weighted by Crippen LogP contribution is 2.19. The van der Waals surface area contributed by atoms with Crippen molar-refractivity contribution in [2.75, 3.05) is 39.9 Å². The van der Waals surface area contributed by atoms with Gasteiger partial charge in [0.2, 0.25) is 0 Å². The van der Waals surface area contributed by atoms with Crippen LogP contribution in [-0.4, -0.2) is 67.4 Å². The number of carbonyl (C=O) groups excluding carboxylic acids is 1. The Balaban J connectivity index is 1.76. The van der Waals surface area contributed by atoms with Crippen LogP contribution in [0.4, 0.5) is 4.79 Å². The van der Waals surface area contributed by atoms with Crippen molar-refractivity contribution in [2.45, 2.75) is 24.8 Å². The van der Waals surface area contributed by atoms with Crippen molar-refractivity contribution in [3.8, 4) is 0 Å². The van der Waals surface area contributed by atoms with Crippen LogP contribution in [0.2, 0.25) is 0 Å². The van der Waals surface area contributed by atoms with E-state index in [1.807, 2.05) is 0 Å². The lowest BCUT2D eigenvalue weighted by molar-refractivity contribution is -0.144. The number of urea groups is 1. The van der Waals surface area contributed by atoms with Crippen LogP contribution in [0.25, 0.3) is 0 Å². The third-order valence-corrected chi connectivity index (χ3v) is 4.17. The van der Waals surface area contributed by atoms with E-state index < -0.39 is 17.5 Å². The summed E-state index contributed by atoms with van der Waals surface area (Å²) in [5, 5.41) is 14.6. The molecule has 2 heterocycles. The molecule has 7 heteroatoms. The number of carboxylic acids is 1. The van der Waals surface area contributed by atoms with Gasteiger partial charge in [0.05, 0.1) is 6.61 Å². The zero-order valence-electron chi connectivity index (χ0n) is 11.9. The molecule has 0 radical (unpaired) electrons. The van der Waals surface area contributed by atoms with Gasteiger partial charge in [-0.15, -0.1) is 0 Å². The third-order valence-electron chi connectivity index (χ3n) is 4.17. The number of likely N-dealkylation sites (tertiary alicyclic amines) is 1. The van der Waals surface area contributed by atoms with Gasteiger partial charge in [-0.05, 0) is 38.9 Å². The molecule has 1 unspecified atom stereocenters. The maximum Gasteiger partial charge on any atom is 0.332 e. The quantitative estimate of drug-likeness (QED) is 0.669. The second kappa shape index (κ2) is 6.41. The van der Waals surface area contributed by atoms with Gasteiger partial charge in [-0.25, -0.2) is 9.59 Å². The highest BCUT2D eigenvalue weighted by atomic mass is 16.5. The molecule has 0 aromatic carbocycles. The lowest BCUT2D eigenvalue weighted by Crippen LogP contribution is -2.58. The van der Waals surface area contributed by atoms with Crippen LogP contribution >= 0.6 is 0 Å². The number of hydrogen-bond donors (Lipinski definition) is 3. The molecule has 0 spiro atoms. The summed E-state index contributed by atoms with van der Waals surface area (Å²) >= 11 is 0. The van der Waals surface area contributed by atoms with Gasteiger partial charge in [0, 0.05) is 19.6 Å². The first-order valence-corrected chi connectivity index (χ1v) is 7.07. The van der Waals surface area contributed by atoms with Crippen molar-refractivity contribution in [1.29, 1.82) is 0 Å². The number of piperidine rings is 1. The highest BCUT2D eigenvalue weighted by molar-refractivity contribution is 5.86. The number of rotatable bonds is 4. The Morgan fingerprint density at radius 2 is 2.10 bits per heavy atom. The summed E-state index contributed by atoms with van der Waals surface area (Å²) < 4.78 is 5.10. The topological polar surface area (TPSA) is 90.9 Å². The first-order chi connectivity index (χ1) is 9.52. The molecule has 0 saturated carbocycles. The number of nitrogens with zero attached hydrogens (tertiary/aromatic N) is 1. The monoisotopic (exact) mass is 285 g/mol. The molecule has 20 heavy (non-hydrogen) atoms. The number of amides is 2. The molecule has 2 aliphatic rings. The van der Waals surface area contributed by atoms with Gasteiger partial charge in [-0.1, -0.05) is 0 Å². The Hall–Kier alpha value is -1.34. The van der Waals surface area contributed by atoms with E-state index in [9.17, 15) is 14.7 Å². The molecule has 0 aromatic rings. The van der Waals surface area contributed by atoms with E-state index in [0.717, 1.165) is 25.9 Å². The Kier molecular flexibility index (Phi) is 4.82. The second-order valence-electron chi connectivity index (χ2n) is 5.77. The predicted octanol–water partition coefficient (Wildman–Crippen LogP) is -0.129. The number of hydrogen-bond acceptors (Lipinski definition) is 4. The predicted molar refractivity (Wildman–Crippen MR) is 72.6 cm³/mol. The molecule has 1 atom stereocenters. The molecule has 2 amide bonds. The fraction of sp³-hybridized carbons (Fsp3) is 0.846. The Labute approximate surface area is 118 Å². The Morgan fingerprint density at radius 1 is 1.40 bits per heavy atom. The maximum absolute atomic E-state index is 11.9. The van der Waals surface area contributed by atoms with Gasteiger partial charge in [-0.2, -0.15) is 0 Å². The summed E-state index contributed by atoms with van der Waals surface area (Å²) in [6, 6.07) is -0.420. The number of carboxylic acid groups (broad SMARTS) is 1. The molecular weight excluding hydrogens is 262 g/mol. The van der Waals surface area contributed by atoms with E-state index >= 15 is 0 Å². The smallest absolute Gasteiger partial charge is 0.332 e. The summed E-state index contributed by atoms with van der Waals surface area (Å²) in [5.74, 6) is -0.568. The zero-order chi connectivity index (χ0) is 14.6. The fourth-order valence-electron chi connectivity index (χ4n) is 2.65. The van der Waals surface area contributed by atoms with Crippen LogP contribution in [0.1, 0.15) is 19.3 Å². The van der Waals surface area contributed by atoms with Crippen molar-refractivity contribution in [1.82, 2.24) is 15.5 Å². The largest absolute Gasteiger partial charge is 0.479 e. The van der Waals surface area contributed by atoms with Crippen molar-refractivity contribution in [2.24, 2.45) is 5.92 Å². The van der Waals surface area contributed by atoms with Crippen LogP contribution in [0.3, 0.4) is 0 Å². The normalized spacial score (nSPS) is 28.2. The highest BCUT2D eigenvalue weighted by Gasteiger charge is 2.44. The molecule has 2 rings (SSSR count). The van der Waals surface area contributed by atoms with Gasteiger partial charge in [0.1, 0.15) is 0 Å². The number of ether oxygens (including phenoxy) is 1. The summed E-state index contributed by atoms with van der Waals surface area (Å²) in [6.07, 6.45) is 2.43. The average molecular weight is 285 g/mol. The first-order valence-electron chi connectivity index (χ1n) is 7.07. The standard InChI is InChI=1S/C13H23N3O4/c1-16-5-2-10(3-6-16)8-14-12(19)15-13(11(17)18)4-7-20-9-13/h10H,2-9H2,1H3,(H,17,18)(H2,14,15,19). The van der Waals surface area contributed by atoms with Crippen molar-refractivity contribution in [3.05, 3.63) is 0 Å². The minimum absolute atomic E-state index is 0.0317. The van der Waals surface area contributed by atoms with Crippen molar-refractivity contribution in [3.63, 3.8) is 0 Å². The molecular formula is C13H23N3O4. The van der Waals surface area contributed by atoms with E-state index in [0.29, 0.717) is 25.5 Å². The van der Waals surface area contributed by atoms with E-state index in [1.54, 1.807) is 0 Å². The van der Waals surface area contributed by atoms with Gasteiger partial charge in [0.25, 0.3) is 0 Å². The summed E-state index contributed by atoms with van der Waals surface area (Å²) in [7, 11) is 2.09. The summed E-state index contributed by atoms with van der Waals surface area (Å²) in [4.78, 5) is 25.4. The van der Waals surface area contributed by atoms with Gasteiger partial charge >= 0.3 is 12.0 Å². The van der Waals surface area contributed by atoms with Gasteiger partial charge in [0.15, 0.2) is 5.54 Å². The van der Waals surface area contributed by atoms with Crippen molar-refractivity contribution < 1.29 is 19.4 Å². The van der Waals surface area contributed by atoms with Gasteiger partial charge < -0.3 is 25.4 Å². The van der Waals surface area contributed by atoms with Crippen molar-refractivity contribution >= 4 is 12.0 Å². The Bertz CT molecular complexity index is 361. The van der Waals surface area contributed by atoms with E-state index in [4.69, 9.17) is 4.74 Å². The lowest BCUT2D eigenvalue weighted by Gasteiger charge is -2.29. The SMILES string of the molecule is CN1CCC(CNC(=O)NC2(C(=O)O)CCOC2)CC1. The molecule has 2 fully saturated rings. The zero-order valence-corrected chi connectivity index (χ0v) is 11.9. The van der Waals surface area contributed by atoms with Crippen LogP contribution in [0.5, 0.6) is 0 Å². The van der Waals surface area contributed by atoms with Crippen LogP contribution in [0, 0.1) is 5.92 Å². The molecule has 3 N–H and O–H groups in total. The minimum atomic E-state index is -1.27. The number of carbonyl (C=O) groups is 2. The van der Waals surface area contributed by atoms with Crippen LogP contribution in [-0.2, 0) is 9.53 Å².